The van der Waals surface area contributed by atoms with E-state index >= 15 is 0 Å². The van der Waals surface area contributed by atoms with Gasteiger partial charge in [0.2, 0.25) is 0 Å². The van der Waals surface area contributed by atoms with Crippen molar-refractivity contribution in [1.82, 2.24) is 4.90 Å². The number of rotatable bonds is 8. The molecule has 0 aromatic rings. The molecule has 0 aromatic heterocycles. The Morgan fingerprint density at radius 1 is 0.955 bits per heavy atom. The number of likely N-dealkylation sites (tertiary alicyclic amines) is 1. The van der Waals surface area contributed by atoms with Crippen molar-refractivity contribution in [3.8, 4) is 6.07 Å². The molecule has 1 fully saturated rings. The fraction of sp³-hybridized carbons (Fsp3) is 0.833. The summed E-state index contributed by atoms with van der Waals surface area (Å²) in [5.74, 6) is 0. The quantitative estimate of drug-likeness (QED) is 0.441. The average molecular weight is 337 g/mol. The summed E-state index contributed by atoms with van der Waals surface area (Å²) in [6.07, 6.45) is 5.12. The normalized spacial score (nSPS) is 18.2. The maximum Gasteiger partial charge on any atom is 0.0943 e. The first-order valence-electron chi connectivity index (χ1n) is 8.94. The van der Waals surface area contributed by atoms with Gasteiger partial charge >= 0.3 is 0 Å². The Balaban J connectivity index is 2.74. The van der Waals surface area contributed by atoms with E-state index in [9.17, 15) is 5.26 Å². The fourth-order valence-corrected chi connectivity index (χ4v) is 6.34. The number of allylic oxidation sites excluding steroid dienone is 2. The second kappa shape index (κ2) is 8.47. The first-order valence-corrected chi connectivity index (χ1v) is 16.4. The maximum atomic E-state index is 9.69. The zero-order valence-electron chi connectivity index (χ0n) is 15.8. The topological polar surface area (TPSA) is 27.0 Å². The predicted molar refractivity (Wildman–Crippen MR) is 104 cm³/mol. The van der Waals surface area contributed by atoms with Crippen LogP contribution in [0.25, 0.3) is 0 Å². The van der Waals surface area contributed by atoms with Crippen molar-refractivity contribution in [2.24, 2.45) is 0 Å². The second-order valence-corrected chi connectivity index (χ2v) is 20.3. The lowest BCUT2D eigenvalue weighted by Gasteiger charge is -2.23. The van der Waals surface area contributed by atoms with Crippen molar-refractivity contribution in [3.63, 3.8) is 0 Å². The van der Waals surface area contributed by atoms with Gasteiger partial charge in [0.15, 0.2) is 0 Å². The van der Waals surface area contributed by atoms with Crippen LogP contribution in [0.3, 0.4) is 0 Å². The van der Waals surface area contributed by atoms with Gasteiger partial charge in [0.05, 0.1) is 6.07 Å². The highest BCUT2D eigenvalue weighted by Gasteiger charge is 2.22. The molecule has 22 heavy (non-hydrogen) atoms. The summed E-state index contributed by atoms with van der Waals surface area (Å²) >= 11 is 0. The van der Waals surface area contributed by atoms with Crippen molar-refractivity contribution in [1.29, 1.82) is 5.26 Å². The minimum absolute atomic E-state index is 1.06. The van der Waals surface area contributed by atoms with Crippen LogP contribution in [0.15, 0.2) is 11.1 Å². The van der Waals surface area contributed by atoms with Gasteiger partial charge in [-0.15, -0.1) is 0 Å². The third kappa shape index (κ3) is 8.31. The molecule has 0 saturated carbocycles. The maximum absolute atomic E-state index is 9.69. The van der Waals surface area contributed by atoms with Crippen LogP contribution in [0.5, 0.6) is 0 Å². The summed E-state index contributed by atoms with van der Waals surface area (Å²) in [4.78, 5) is 2.59. The Kier molecular flexibility index (Phi) is 7.57. The smallest absolute Gasteiger partial charge is 0.0943 e. The third-order valence-corrected chi connectivity index (χ3v) is 7.07. The number of hydrogen-bond donors (Lipinski definition) is 0. The Hall–Kier alpha value is -0.376. The lowest BCUT2D eigenvalue weighted by molar-refractivity contribution is 0.334. The van der Waals surface area contributed by atoms with Crippen molar-refractivity contribution >= 4 is 16.1 Å². The SMILES string of the molecule is C[Si](C)(C)C/C(C#N)=C(/CCCN1CCCC1)C[Si](C)(C)C. The summed E-state index contributed by atoms with van der Waals surface area (Å²) in [6.45, 7) is 18.2. The van der Waals surface area contributed by atoms with E-state index in [1.807, 2.05) is 0 Å². The average Bonchev–Trinajstić information content (AvgIpc) is 2.85. The molecule has 1 aliphatic heterocycles. The lowest BCUT2D eigenvalue weighted by atomic mass is 10.1. The van der Waals surface area contributed by atoms with Crippen molar-refractivity contribution in [3.05, 3.63) is 11.1 Å². The molecule has 1 aliphatic rings. The van der Waals surface area contributed by atoms with Crippen molar-refractivity contribution < 1.29 is 0 Å². The first kappa shape index (κ1) is 19.7. The van der Waals surface area contributed by atoms with E-state index in [-0.39, 0.29) is 0 Å². The highest BCUT2D eigenvalue weighted by Crippen LogP contribution is 2.28. The van der Waals surface area contributed by atoms with Gasteiger partial charge in [-0.3, -0.25) is 0 Å². The summed E-state index contributed by atoms with van der Waals surface area (Å²) < 4.78 is 0. The van der Waals surface area contributed by atoms with Crippen LogP contribution in [-0.2, 0) is 0 Å². The van der Waals surface area contributed by atoms with E-state index in [0.717, 1.165) is 18.0 Å². The highest BCUT2D eigenvalue weighted by atomic mass is 28.3. The molecule has 0 spiro atoms. The summed E-state index contributed by atoms with van der Waals surface area (Å²) in [7, 11) is -2.38. The van der Waals surface area contributed by atoms with E-state index in [2.05, 4.69) is 50.3 Å². The number of nitriles is 1. The summed E-state index contributed by atoms with van der Waals surface area (Å²) in [5.41, 5.74) is 2.64. The molecule has 0 aliphatic carbocycles. The van der Waals surface area contributed by atoms with Gasteiger partial charge in [-0.05, 0) is 57.4 Å². The molecule has 0 atom stereocenters. The first-order chi connectivity index (χ1) is 10.1. The van der Waals surface area contributed by atoms with Crippen LogP contribution >= 0.6 is 0 Å². The molecule has 0 unspecified atom stereocenters. The molecule has 0 bridgehead atoms. The van der Waals surface area contributed by atoms with Crippen molar-refractivity contribution in [2.45, 2.75) is 77.1 Å². The fourth-order valence-electron chi connectivity index (χ4n) is 3.28. The highest BCUT2D eigenvalue weighted by molar-refractivity contribution is 6.77. The minimum Gasteiger partial charge on any atom is -0.303 e. The van der Waals surface area contributed by atoms with Crippen LogP contribution in [0.1, 0.15) is 25.7 Å². The van der Waals surface area contributed by atoms with E-state index in [4.69, 9.17) is 0 Å². The molecule has 126 valence electrons. The zero-order chi connectivity index (χ0) is 16.8. The van der Waals surface area contributed by atoms with Gasteiger partial charge in [0.25, 0.3) is 0 Å². The second-order valence-electron chi connectivity index (χ2n) is 9.32. The summed E-state index contributed by atoms with van der Waals surface area (Å²) in [5, 5.41) is 9.69. The zero-order valence-corrected chi connectivity index (χ0v) is 17.8. The van der Waals surface area contributed by atoms with E-state index < -0.39 is 16.1 Å². The molecule has 0 N–H and O–H groups in total. The van der Waals surface area contributed by atoms with Crippen LogP contribution in [0.2, 0.25) is 51.4 Å². The monoisotopic (exact) mass is 336 g/mol. The standard InChI is InChI=1S/C18H36N2Si2/c1-21(2,3)15-17(18(14-19)16-22(4,5)6)10-9-13-20-11-7-8-12-20/h7-13,15-16H2,1-6H3/b18-17-. The summed E-state index contributed by atoms with van der Waals surface area (Å²) in [6, 6.07) is 4.85. The molecule has 1 saturated heterocycles. The largest absolute Gasteiger partial charge is 0.303 e. The molecular formula is C18H36N2Si2. The number of hydrogen-bond acceptors (Lipinski definition) is 2. The predicted octanol–water partition coefficient (Wildman–Crippen LogP) is 5.36. The van der Waals surface area contributed by atoms with Gasteiger partial charge in [-0.1, -0.05) is 44.9 Å². The van der Waals surface area contributed by atoms with Gasteiger partial charge in [-0.25, -0.2) is 0 Å². The number of nitrogens with zero attached hydrogens (tertiary/aromatic N) is 2. The molecule has 0 amide bonds. The van der Waals surface area contributed by atoms with Crippen LogP contribution < -0.4 is 0 Å². The van der Waals surface area contributed by atoms with Crippen LogP contribution in [-0.4, -0.2) is 40.7 Å². The minimum atomic E-state index is -1.22. The molecular weight excluding hydrogens is 300 g/mol. The van der Waals surface area contributed by atoms with Crippen LogP contribution in [0, 0.1) is 11.3 Å². The van der Waals surface area contributed by atoms with E-state index in [1.54, 1.807) is 0 Å². The molecule has 1 rings (SSSR count). The van der Waals surface area contributed by atoms with Crippen LogP contribution in [0.4, 0.5) is 0 Å². The van der Waals surface area contributed by atoms with Gasteiger partial charge in [0, 0.05) is 21.7 Å². The Labute approximate surface area is 140 Å². The van der Waals surface area contributed by atoms with Crippen molar-refractivity contribution in [2.75, 3.05) is 19.6 Å². The molecule has 0 aromatic carbocycles. The molecule has 0 radical (unpaired) electrons. The van der Waals surface area contributed by atoms with Gasteiger partial charge in [-0.2, -0.15) is 5.26 Å². The van der Waals surface area contributed by atoms with Gasteiger partial charge in [0.1, 0.15) is 0 Å². The van der Waals surface area contributed by atoms with E-state index in [0.29, 0.717) is 0 Å². The lowest BCUT2D eigenvalue weighted by Crippen LogP contribution is -2.24. The Bertz CT molecular complexity index is 416. The van der Waals surface area contributed by atoms with Gasteiger partial charge < -0.3 is 4.90 Å². The molecule has 2 nitrogen and oxygen atoms in total. The molecule has 1 heterocycles. The third-order valence-electron chi connectivity index (χ3n) is 4.16. The Morgan fingerprint density at radius 3 is 1.95 bits per heavy atom. The Morgan fingerprint density at radius 2 is 1.50 bits per heavy atom. The van der Waals surface area contributed by atoms with E-state index in [1.165, 1.54) is 50.5 Å². The molecule has 4 heteroatoms.